The molecular formula is C10H5FN4O6. The first kappa shape index (κ1) is 14.0. The predicted molar refractivity (Wildman–Crippen MR) is 63.8 cm³/mol. The molecular weight excluding hydrogens is 291 g/mol. The molecule has 1 aromatic heterocycles. The molecule has 0 bridgehead atoms. The van der Waals surface area contributed by atoms with Crippen LogP contribution in [0.2, 0.25) is 0 Å². The van der Waals surface area contributed by atoms with Crippen LogP contribution in [0.3, 0.4) is 0 Å². The van der Waals surface area contributed by atoms with Crippen molar-refractivity contribution in [3.8, 4) is 5.69 Å². The van der Waals surface area contributed by atoms with Gasteiger partial charge in [0.15, 0.2) is 0 Å². The number of nitrogens with zero attached hydrogens (tertiary/aromatic N) is 4. The van der Waals surface area contributed by atoms with Crippen molar-refractivity contribution >= 4 is 17.3 Å². The van der Waals surface area contributed by atoms with E-state index < -0.39 is 38.7 Å². The third-order valence-electron chi connectivity index (χ3n) is 2.48. The van der Waals surface area contributed by atoms with Gasteiger partial charge in [-0.05, 0) is 12.1 Å². The molecule has 0 spiro atoms. The minimum Gasteiger partial charge on any atom is -0.476 e. The molecule has 108 valence electrons. The van der Waals surface area contributed by atoms with Crippen LogP contribution in [-0.4, -0.2) is 30.7 Å². The lowest BCUT2D eigenvalue weighted by atomic mass is 10.2. The zero-order chi connectivity index (χ0) is 15.7. The molecule has 0 aliphatic carbocycles. The van der Waals surface area contributed by atoms with E-state index in [2.05, 4.69) is 5.10 Å². The summed E-state index contributed by atoms with van der Waals surface area (Å²) in [5, 5.41) is 33.8. The smallest absolute Gasteiger partial charge is 0.363 e. The van der Waals surface area contributed by atoms with Crippen LogP contribution >= 0.6 is 0 Å². The SMILES string of the molecule is O=C(O)c1nn(-c2ccc(F)cc2[N+](=O)[O-])cc1[N+](=O)[O-]. The molecule has 0 aliphatic rings. The second-order valence-corrected chi connectivity index (χ2v) is 3.76. The molecule has 21 heavy (non-hydrogen) atoms. The number of benzene rings is 1. The van der Waals surface area contributed by atoms with E-state index in [0.717, 1.165) is 12.1 Å². The number of rotatable bonds is 4. The van der Waals surface area contributed by atoms with Crippen LogP contribution in [0.1, 0.15) is 10.5 Å². The van der Waals surface area contributed by atoms with Crippen LogP contribution in [0.5, 0.6) is 0 Å². The maximum absolute atomic E-state index is 13.0. The number of nitro groups is 2. The molecule has 0 atom stereocenters. The highest BCUT2D eigenvalue weighted by Crippen LogP contribution is 2.26. The van der Waals surface area contributed by atoms with Crippen LogP contribution in [0.25, 0.3) is 5.69 Å². The summed E-state index contributed by atoms with van der Waals surface area (Å²) < 4.78 is 13.7. The predicted octanol–water partition coefficient (Wildman–Crippen LogP) is 1.53. The normalized spacial score (nSPS) is 10.3. The Morgan fingerprint density at radius 3 is 2.33 bits per heavy atom. The first-order valence-corrected chi connectivity index (χ1v) is 5.23. The van der Waals surface area contributed by atoms with Crippen LogP contribution < -0.4 is 0 Å². The highest BCUT2D eigenvalue weighted by molar-refractivity contribution is 5.90. The Kier molecular flexibility index (Phi) is 3.32. The lowest BCUT2D eigenvalue weighted by Gasteiger charge is -2.01. The monoisotopic (exact) mass is 296 g/mol. The van der Waals surface area contributed by atoms with E-state index >= 15 is 0 Å². The van der Waals surface area contributed by atoms with Crippen molar-refractivity contribution in [3.63, 3.8) is 0 Å². The molecule has 1 aromatic carbocycles. The number of aromatic nitrogens is 2. The van der Waals surface area contributed by atoms with Crippen LogP contribution in [0.15, 0.2) is 24.4 Å². The second kappa shape index (κ2) is 4.96. The fraction of sp³-hybridized carbons (Fsp3) is 0. The van der Waals surface area contributed by atoms with Gasteiger partial charge in [0.05, 0.1) is 15.9 Å². The maximum Gasteiger partial charge on any atom is 0.363 e. The van der Waals surface area contributed by atoms with E-state index in [4.69, 9.17) is 5.11 Å². The van der Waals surface area contributed by atoms with Crippen LogP contribution in [0, 0.1) is 26.0 Å². The van der Waals surface area contributed by atoms with E-state index in [1.54, 1.807) is 0 Å². The first-order valence-electron chi connectivity index (χ1n) is 5.23. The summed E-state index contributed by atoms with van der Waals surface area (Å²) in [6.45, 7) is 0. The zero-order valence-electron chi connectivity index (χ0n) is 9.96. The Morgan fingerprint density at radius 1 is 1.24 bits per heavy atom. The first-order chi connectivity index (χ1) is 9.81. The van der Waals surface area contributed by atoms with E-state index in [1.807, 2.05) is 0 Å². The molecule has 10 nitrogen and oxygen atoms in total. The van der Waals surface area contributed by atoms with Crippen molar-refractivity contribution in [3.05, 3.63) is 56.1 Å². The highest BCUT2D eigenvalue weighted by atomic mass is 19.1. The van der Waals surface area contributed by atoms with Gasteiger partial charge in [-0.15, -0.1) is 0 Å². The van der Waals surface area contributed by atoms with Crippen molar-refractivity contribution in [1.82, 2.24) is 9.78 Å². The zero-order valence-corrected chi connectivity index (χ0v) is 9.96. The number of carbonyl (C=O) groups is 1. The summed E-state index contributed by atoms with van der Waals surface area (Å²) in [6, 6.07) is 2.45. The van der Waals surface area contributed by atoms with Gasteiger partial charge in [0, 0.05) is 0 Å². The molecule has 2 rings (SSSR count). The Bertz CT molecular complexity index is 739. The summed E-state index contributed by atoms with van der Waals surface area (Å²) in [7, 11) is 0. The molecule has 1 N–H and O–H groups in total. The van der Waals surface area contributed by atoms with Crippen molar-refractivity contribution in [2.24, 2.45) is 0 Å². The molecule has 0 saturated heterocycles. The van der Waals surface area contributed by atoms with E-state index in [0.29, 0.717) is 16.9 Å². The Hall–Kier alpha value is -3.37. The van der Waals surface area contributed by atoms with E-state index in [1.165, 1.54) is 0 Å². The van der Waals surface area contributed by atoms with Gasteiger partial charge >= 0.3 is 11.7 Å². The fourth-order valence-electron chi connectivity index (χ4n) is 1.61. The number of carboxylic acids is 1. The third kappa shape index (κ3) is 2.51. The molecule has 0 fully saturated rings. The Morgan fingerprint density at radius 2 is 1.86 bits per heavy atom. The van der Waals surface area contributed by atoms with Crippen molar-refractivity contribution in [1.29, 1.82) is 0 Å². The van der Waals surface area contributed by atoms with Gasteiger partial charge in [0.2, 0.25) is 5.69 Å². The average Bonchev–Trinajstić information content (AvgIpc) is 2.83. The minimum absolute atomic E-state index is 0.294. The Labute approximate surface area is 114 Å². The molecule has 0 aliphatic heterocycles. The summed E-state index contributed by atoms with van der Waals surface area (Å²) in [6.07, 6.45) is 0.712. The number of carboxylic acid groups (broad SMARTS) is 1. The summed E-state index contributed by atoms with van der Waals surface area (Å²) in [4.78, 5) is 30.6. The number of aromatic carboxylic acids is 1. The molecule has 1 heterocycles. The van der Waals surface area contributed by atoms with E-state index in [-0.39, 0.29) is 5.69 Å². The van der Waals surface area contributed by atoms with Gasteiger partial charge in [0.25, 0.3) is 5.69 Å². The number of nitro benzene ring substituents is 1. The Balaban J connectivity index is 2.68. The molecule has 2 aromatic rings. The van der Waals surface area contributed by atoms with Gasteiger partial charge in [-0.3, -0.25) is 20.2 Å². The fourth-order valence-corrected chi connectivity index (χ4v) is 1.61. The van der Waals surface area contributed by atoms with Gasteiger partial charge in [-0.25, -0.2) is 13.9 Å². The van der Waals surface area contributed by atoms with Crippen molar-refractivity contribution in [2.45, 2.75) is 0 Å². The number of hydrogen-bond donors (Lipinski definition) is 1. The van der Waals surface area contributed by atoms with Crippen LogP contribution in [-0.2, 0) is 0 Å². The number of hydrogen-bond acceptors (Lipinski definition) is 6. The maximum atomic E-state index is 13.0. The quantitative estimate of drug-likeness (QED) is 0.665. The highest BCUT2D eigenvalue weighted by Gasteiger charge is 2.28. The van der Waals surface area contributed by atoms with Gasteiger partial charge in [0.1, 0.15) is 17.7 Å². The van der Waals surface area contributed by atoms with E-state index in [9.17, 15) is 29.4 Å². The molecule has 0 unspecified atom stereocenters. The minimum atomic E-state index is -1.66. The van der Waals surface area contributed by atoms with Crippen LogP contribution in [0.4, 0.5) is 15.8 Å². The summed E-state index contributed by atoms with van der Waals surface area (Å²) in [5.74, 6) is -2.55. The van der Waals surface area contributed by atoms with Gasteiger partial charge in [-0.2, -0.15) is 5.10 Å². The standard InChI is InChI=1S/C10H5FN4O6/c11-5-1-2-6(7(3-5)14(18)19)13-4-8(15(20)21)9(12-13)10(16)17/h1-4H,(H,16,17). The molecule has 0 saturated carbocycles. The van der Waals surface area contributed by atoms with Gasteiger partial charge < -0.3 is 5.11 Å². The number of halogens is 1. The summed E-state index contributed by atoms with van der Waals surface area (Å²) in [5.41, 5.74) is -2.71. The lowest BCUT2D eigenvalue weighted by molar-refractivity contribution is -0.385. The molecule has 0 amide bonds. The third-order valence-corrected chi connectivity index (χ3v) is 2.48. The molecule has 0 radical (unpaired) electrons. The lowest BCUT2D eigenvalue weighted by Crippen LogP contribution is -2.04. The van der Waals surface area contributed by atoms with Crippen molar-refractivity contribution in [2.75, 3.05) is 0 Å². The summed E-state index contributed by atoms with van der Waals surface area (Å²) >= 11 is 0. The molecule has 11 heteroatoms. The topological polar surface area (TPSA) is 141 Å². The largest absolute Gasteiger partial charge is 0.476 e. The second-order valence-electron chi connectivity index (χ2n) is 3.76. The average molecular weight is 296 g/mol. The van der Waals surface area contributed by atoms with Gasteiger partial charge in [-0.1, -0.05) is 0 Å². The van der Waals surface area contributed by atoms with Crippen molar-refractivity contribution < 1.29 is 24.1 Å².